The number of piperazine rings is 2. The summed E-state index contributed by atoms with van der Waals surface area (Å²) in [6.45, 7) is 14.7. The van der Waals surface area contributed by atoms with Crippen LogP contribution in [0.4, 0.5) is 17.3 Å². The average molecular weight is 634 g/mol. The number of rotatable bonds is 9. The molecular formula is C33H43N7O6. The van der Waals surface area contributed by atoms with E-state index < -0.39 is 4.92 Å². The van der Waals surface area contributed by atoms with Gasteiger partial charge in [-0.05, 0) is 57.5 Å². The lowest BCUT2D eigenvalue weighted by atomic mass is 10.1. The van der Waals surface area contributed by atoms with Gasteiger partial charge in [0.05, 0.1) is 17.1 Å². The van der Waals surface area contributed by atoms with Gasteiger partial charge in [0.1, 0.15) is 22.8 Å². The van der Waals surface area contributed by atoms with Gasteiger partial charge in [-0.3, -0.25) is 15.0 Å². The molecule has 1 N–H and O–H groups in total. The van der Waals surface area contributed by atoms with Crippen molar-refractivity contribution < 1.29 is 24.0 Å². The quantitative estimate of drug-likeness (QED) is 0.207. The molecule has 2 fully saturated rings. The Balaban J connectivity index is 0.000000230. The minimum absolute atomic E-state index is 0.101. The lowest BCUT2D eigenvalue weighted by Crippen LogP contribution is -2.46. The SMILES string of the molecule is CC(C)OC(=O)c1cccnc1N1CCN(Cc2ccc([N+](=O)[O-])cc2)CC1.CC(C)OC(=O)c1cccnc1N1CCNCC1. The second kappa shape index (κ2) is 16.6. The smallest absolute Gasteiger partial charge is 0.342 e. The summed E-state index contributed by atoms with van der Waals surface area (Å²) in [6, 6.07) is 13.7. The number of nitro groups is 1. The molecule has 0 unspecified atom stereocenters. The highest BCUT2D eigenvalue weighted by Gasteiger charge is 2.24. The fraction of sp³-hybridized carbons (Fsp3) is 0.455. The van der Waals surface area contributed by atoms with Crippen LogP contribution in [0, 0.1) is 10.1 Å². The third kappa shape index (κ3) is 9.69. The summed E-state index contributed by atoms with van der Waals surface area (Å²) in [6.07, 6.45) is 3.10. The Morgan fingerprint density at radius 2 is 1.26 bits per heavy atom. The minimum Gasteiger partial charge on any atom is -0.459 e. The number of nitrogens with zero attached hydrogens (tertiary/aromatic N) is 6. The van der Waals surface area contributed by atoms with E-state index in [0.717, 1.165) is 70.3 Å². The van der Waals surface area contributed by atoms with Gasteiger partial charge in [0.25, 0.3) is 5.69 Å². The van der Waals surface area contributed by atoms with Crippen LogP contribution < -0.4 is 15.1 Å². The van der Waals surface area contributed by atoms with E-state index in [1.54, 1.807) is 48.8 Å². The lowest BCUT2D eigenvalue weighted by molar-refractivity contribution is -0.384. The molecule has 2 aromatic heterocycles. The van der Waals surface area contributed by atoms with Crippen LogP contribution in [0.2, 0.25) is 0 Å². The molecule has 5 rings (SSSR count). The summed E-state index contributed by atoms with van der Waals surface area (Å²) in [4.78, 5) is 50.0. The normalized spacial score (nSPS) is 15.3. The second-order valence-corrected chi connectivity index (χ2v) is 11.6. The number of aromatic nitrogens is 2. The summed E-state index contributed by atoms with van der Waals surface area (Å²) in [5.41, 5.74) is 2.18. The Labute approximate surface area is 269 Å². The van der Waals surface area contributed by atoms with Crippen LogP contribution in [0.3, 0.4) is 0 Å². The molecule has 1 aromatic carbocycles. The first-order chi connectivity index (χ1) is 22.1. The number of anilines is 2. The minimum atomic E-state index is -0.392. The van der Waals surface area contributed by atoms with Crippen LogP contribution in [0.25, 0.3) is 0 Å². The van der Waals surface area contributed by atoms with Gasteiger partial charge < -0.3 is 24.6 Å². The van der Waals surface area contributed by atoms with Crippen LogP contribution in [0.15, 0.2) is 60.9 Å². The van der Waals surface area contributed by atoms with E-state index in [9.17, 15) is 19.7 Å². The maximum absolute atomic E-state index is 12.4. The summed E-state index contributed by atoms with van der Waals surface area (Å²) in [5, 5.41) is 14.0. The number of esters is 2. The zero-order chi connectivity index (χ0) is 33.1. The Hall–Kier alpha value is -4.62. The molecule has 2 aliphatic heterocycles. The van der Waals surface area contributed by atoms with Crippen molar-refractivity contribution >= 4 is 29.3 Å². The van der Waals surface area contributed by atoms with Crippen molar-refractivity contribution in [2.24, 2.45) is 0 Å². The van der Waals surface area contributed by atoms with E-state index in [1.165, 1.54) is 12.1 Å². The molecule has 4 heterocycles. The molecule has 0 saturated carbocycles. The van der Waals surface area contributed by atoms with Crippen molar-refractivity contribution in [2.45, 2.75) is 46.4 Å². The number of hydrogen-bond acceptors (Lipinski definition) is 12. The Morgan fingerprint density at radius 1 is 0.783 bits per heavy atom. The number of carbonyl (C=O) groups is 2. The third-order valence-corrected chi connectivity index (χ3v) is 7.34. The molecule has 0 amide bonds. The Bertz CT molecular complexity index is 1450. The number of non-ortho nitro benzene ring substituents is 1. The fourth-order valence-electron chi connectivity index (χ4n) is 5.15. The summed E-state index contributed by atoms with van der Waals surface area (Å²) in [7, 11) is 0. The van der Waals surface area contributed by atoms with E-state index in [0.29, 0.717) is 16.9 Å². The largest absolute Gasteiger partial charge is 0.459 e. The van der Waals surface area contributed by atoms with Crippen molar-refractivity contribution in [1.82, 2.24) is 20.2 Å². The summed E-state index contributed by atoms with van der Waals surface area (Å²) >= 11 is 0. The molecule has 0 aliphatic carbocycles. The highest BCUT2D eigenvalue weighted by atomic mass is 16.6. The monoisotopic (exact) mass is 633 g/mol. The number of ether oxygens (including phenoxy) is 2. The number of benzene rings is 1. The van der Waals surface area contributed by atoms with Crippen LogP contribution in [0.1, 0.15) is 54.0 Å². The number of nitro benzene ring substituents is 1. The van der Waals surface area contributed by atoms with Crippen LogP contribution in [-0.4, -0.2) is 96.3 Å². The second-order valence-electron chi connectivity index (χ2n) is 11.6. The van der Waals surface area contributed by atoms with Gasteiger partial charge >= 0.3 is 11.9 Å². The van der Waals surface area contributed by atoms with Gasteiger partial charge in [-0.15, -0.1) is 0 Å². The molecule has 0 radical (unpaired) electrons. The molecule has 13 heteroatoms. The molecule has 0 spiro atoms. The van der Waals surface area contributed by atoms with Crippen LogP contribution >= 0.6 is 0 Å². The number of pyridine rings is 2. The van der Waals surface area contributed by atoms with Crippen molar-refractivity contribution in [3.8, 4) is 0 Å². The predicted octanol–water partition coefficient (Wildman–Crippen LogP) is 3.93. The van der Waals surface area contributed by atoms with Gasteiger partial charge in [-0.2, -0.15) is 0 Å². The van der Waals surface area contributed by atoms with Crippen molar-refractivity contribution in [3.05, 3.63) is 87.7 Å². The molecule has 13 nitrogen and oxygen atoms in total. The Kier molecular flexibility index (Phi) is 12.4. The summed E-state index contributed by atoms with van der Waals surface area (Å²) < 4.78 is 10.6. The highest BCUT2D eigenvalue weighted by molar-refractivity contribution is 5.95. The van der Waals surface area contributed by atoms with Crippen molar-refractivity contribution in [2.75, 3.05) is 62.2 Å². The Morgan fingerprint density at radius 3 is 1.72 bits per heavy atom. The first-order valence-corrected chi connectivity index (χ1v) is 15.6. The highest BCUT2D eigenvalue weighted by Crippen LogP contribution is 2.22. The van der Waals surface area contributed by atoms with E-state index in [-0.39, 0.29) is 29.8 Å². The van der Waals surface area contributed by atoms with Gasteiger partial charge in [0.2, 0.25) is 0 Å². The van der Waals surface area contributed by atoms with Crippen molar-refractivity contribution in [3.63, 3.8) is 0 Å². The summed E-state index contributed by atoms with van der Waals surface area (Å²) in [5.74, 6) is 0.728. The molecule has 3 aromatic rings. The number of nitrogens with one attached hydrogen (secondary N) is 1. The fourth-order valence-corrected chi connectivity index (χ4v) is 5.15. The molecule has 0 bridgehead atoms. The van der Waals surface area contributed by atoms with Gasteiger partial charge in [-0.25, -0.2) is 19.6 Å². The van der Waals surface area contributed by atoms with Gasteiger partial charge in [-0.1, -0.05) is 12.1 Å². The molecule has 0 atom stereocenters. The molecular weight excluding hydrogens is 590 g/mol. The molecule has 2 aliphatic rings. The first-order valence-electron chi connectivity index (χ1n) is 15.6. The van der Waals surface area contributed by atoms with Crippen LogP contribution in [0.5, 0.6) is 0 Å². The molecule has 246 valence electrons. The average Bonchev–Trinajstić information content (AvgIpc) is 3.05. The van der Waals surface area contributed by atoms with Gasteiger partial charge in [0, 0.05) is 83.4 Å². The zero-order valence-corrected chi connectivity index (χ0v) is 26.9. The third-order valence-electron chi connectivity index (χ3n) is 7.34. The maximum atomic E-state index is 12.4. The lowest BCUT2D eigenvalue weighted by Gasteiger charge is -2.36. The standard InChI is InChI=1S/C20H24N4O4.C13H19N3O2/c1-15(2)28-20(25)18-4-3-9-21-19(18)23-12-10-22(11-13-23)14-16-5-7-17(8-6-16)24(26)27;1-10(2)18-13(17)11-4-3-5-15-12(11)16-8-6-14-7-9-16/h3-9,15H,10-14H2,1-2H3;3-5,10,14H,6-9H2,1-2H3. The van der Waals surface area contributed by atoms with E-state index in [2.05, 4.69) is 30.0 Å². The van der Waals surface area contributed by atoms with Crippen LogP contribution in [-0.2, 0) is 16.0 Å². The van der Waals surface area contributed by atoms with E-state index in [1.807, 2.05) is 27.7 Å². The van der Waals surface area contributed by atoms with Gasteiger partial charge in [0.15, 0.2) is 0 Å². The van der Waals surface area contributed by atoms with Crippen molar-refractivity contribution in [1.29, 1.82) is 0 Å². The zero-order valence-electron chi connectivity index (χ0n) is 26.9. The molecule has 46 heavy (non-hydrogen) atoms. The predicted molar refractivity (Wildman–Crippen MR) is 175 cm³/mol. The molecule has 2 saturated heterocycles. The first kappa shape index (κ1) is 34.3. The van der Waals surface area contributed by atoms with E-state index in [4.69, 9.17) is 9.47 Å². The van der Waals surface area contributed by atoms with E-state index >= 15 is 0 Å². The number of hydrogen-bond donors (Lipinski definition) is 1. The maximum Gasteiger partial charge on any atom is 0.342 e. The number of carbonyl (C=O) groups excluding carboxylic acids is 2. The topological polar surface area (TPSA) is 143 Å².